The van der Waals surface area contributed by atoms with Gasteiger partial charge in [0.1, 0.15) is 5.82 Å². The summed E-state index contributed by atoms with van der Waals surface area (Å²) < 4.78 is 0. The van der Waals surface area contributed by atoms with Gasteiger partial charge in [0, 0.05) is 19.8 Å². The summed E-state index contributed by atoms with van der Waals surface area (Å²) in [4.78, 5) is 27.9. The zero-order valence-corrected chi connectivity index (χ0v) is 9.43. The van der Waals surface area contributed by atoms with Crippen LogP contribution in [0, 0.1) is 0 Å². The zero-order chi connectivity index (χ0) is 12.0. The first kappa shape index (κ1) is 12.2. The molecule has 86 valence electrons. The Kier molecular flexibility index (Phi) is 4.44. The van der Waals surface area contributed by atoms with Crippen molar-refractivity contribution in [1.82, 2.24) is 10.3 Å². The molecule has 1 rings (SSSR count). The molecule has 5 heteroatoms. The first-order valence-corrected chi connectivity index (χ1v) is 5.07. The fourth-order valence-corrected chi connectivity index (χ4v) is 1.36. The van der Waals surface area contributed by atoms with Gasteiger partial charge < -0.3 is 10.2 Å². The van der Waals surface area contributed by atoms with E-state index in [1.807, 2.05) is 6.92 Å². The lowest BCUT2D eigenvalue weighted by Crippen LogP contribution is -2.35. The number of nitrogens with one attached hydrogen (secondary N) is 1. The lowest BCUT2D eigenvalue weighted by molar-refractivity contribution is -0.119. The molecule has 1 N–H and O–H groups in total. The van der Waals surface area contributed by atoms with E-state index < -0.39 is 0 Å². The van der Waals surface area contributed by atoms with Crippen molar-refractivity contribution in [3.8, 4) is 0 Å². The molecular formula is C11H15N3O2. The molecule has 0 saturated carbocycles. The molecule has 0 aliphatic carbocycles. The van der Waals surface area contributed by atoms with Gasteiger partial charge >= 0.3 is 0 Å². The van der Waals surface area contributed by atoms with E-state index in [4.69, 9.17) is 0 Å². The summed E-state index contributed by atoms with van der Waals surface area (Å²) in [6.45, 7) is 2.64. The molecule has 0 unspecified atom stereocenters. The number of aromatic nitrogens is 1. The maximum Gasteiger partial charge on any atom is 0.239 e. The molecule has 0 aliphatic heterocycles. The minimum atomic E-state index is -0.0903. The average molecular weight is 221 g/mol. The highest BCUT2D eigenvalue weighted by Gasteiger charge is 2.10. The minimum absolute atomic E-state index is 0.0903. The molecule has 1 heterocycles. The number of amides is 1. The lowest BCUT2D eigenvalue weighted by Gasteiger charge is -2.18. The van der Waals surface area contributed by atoms with Crippen LogP contribution in [0.1, 0.15) is 17.3 Å². The highest BCUT2D eigenvalue weighted by atomic mass is 16.2. The minimum Gasteiger partial charge on any atom is -0.355 e. The molecular weight excluding hydrogens is 206 g/mol. The Labute approximate surface area is 94.5 Å². The third-order valence-electron chi connectivity index (χ3n) is 2.06. The summed E-state index contributed by atoms with van der Waals surface area (Å²) in [6.07, 6.45) is 2.33. The molecule has 1 aromatic heterocycles. The number of likely N-dealkylation sites (N-methyl/N-ethyl adjacent to an activating group) is 2. The van der Waals surface area contributed by atoms with Gasteiger partial charge in [0.25, 0.3) is 0 Å². The largest absolute Gasteiger partial charge is 0.355 e. The van der Waals surface area contributed by atoms with Crippen LogP contribution in [0.15, 0.2) is 18.3 Å². The Morgan fingerprint density at radius 2 is 2.38 bits per heavy atom. The average Bonchev–Trinajstić information content (AvgIpc) is 2.29. The summed E-state index contributed by atoms with van der Waals surface area (Å²) in [5.41, 5.74) is 0.481. The molecule has 0 atom stereocenters. The van der Waals surface area contributed by atoms with Crippen LogP contribution in [0.4, 0.5) is 5.82 Å². The summed E-state index contributed by atoms with van der Waals surface area (Å²) in [6, 6.07) is 3.36. The number of aldehydes is 1. The molecule has 0 fully saturated rings. The molecule has 0 aromatic carbocycles. The van der Waals surface area contributed by atoms with Crippen LogP contribution < -0.4 is 10.2 Å². The summed E-state index contributed by atoms with van der Waals surface area (Å²) in [5.74, 6) is 0.427. The van der Waals surface area contributed by atoms with Gasteiger partial charge in [-0.3, -0.25) is 9.59 Å². The maximum absolute atomic E-state index is 11.4. The van der Waals surface area contributed by atoms with E-state index in [9.17, 15) is 9.59 Å². The van der Waals surface area contributed by atoms with E-state index in [-0.39, 0.29) is 12.5 Å². The van der Waals surface area contributed by atoms with Crippen molar-refractivity contribution in [1.29, 1.82) is 0 Å². The van der Waals surface area contributed by atoms with Gasteiger partial charge in [-0.1, -0.05) is 0 Å². The van der Waals surface area contributed by atoms with E-state index in [1.54, 1.807) is 30.3 Å². The SMILES string of the molecule is CCNC(=O)CN(C)c1ncccc1C=O. The number of hydrogen-bond acceptors (Lipinski definition) is 4. The second-order valence-electron chi connectivity index (χ2n) is 3.34. The number of nitrogens with zero attached hydrogens (tertiary/aromatic N) is 2. The molecule has 16 heavy (non-hydrogen) atoms. The van der Waals surface area contributed by atoms with E-state index in [0.29, 0.717) is 17.9 Å². The molecule has 0 bridgehead atoms. The van der Waals surface area contributed by atoms with Crippen LogP contribution >= 0.6 is 0 Å². The quantitative estimate of drug-likeness (QED) is 0.734. The molecule has 0 radical (unpaired) electrons. The number of pyridine rings is 1. The molecule has 1 amide bonds. The predicted molar refractivity (Wildman–Crippen MR) is 61.6 cm³/mol. The summed E-state index contributed by atoms with van der Waals surface area (Å²) >= 11 is 0. The van der Waals surface area contributed by atoms with Crippen LogP contribution in [-0.2, 0) is 4.79 Å². The van der Waals surface area contributed by atoms with E-state index in [2.05, 4.69) is 10.3 Å². The van der Waals surface area contributed by atoms with Gasteiger partial charge in [-0.25, -0.2) is 4.98 Å². The van der Waals surface area contributed by atoms with E-state index in [0.717, 1.165) is 6.29 Å². The predicted octanol–water partition coefficient (Wildman–Crippen LogP) is 0.466. The number of carbonyl (C=O) groups excluding carboxylic acids is 2. The van der Waals surface area contributed by atoms with Crippen LogP contribution in [-0.4, -0.2) is 37.3 Å². The Balaban J connectivity index is 2.75. The second-order valence-corrected chi connectivity index (χ2v) is 3.34. The Morgan fingerprint density at radius 3 is 3.00 bits per heavy atom. The second kappa shape index (κ2) is 5.85. The normalized spacial score (nSPS) is 9.62. The highest BCUT2D eigenvalue weighted by molar-refractivity contribution is 5.86. The standard InChI is InChI=1S/C11H15N3O2/c1-3-12-10(16)7-14(2)11-9(8-15)5-4-6-13-11/h4-6,8H,3,7H2,1-2H3,(H,12,16). The molecule has 1 aromatic rings. The van der Waals surface area contributed by atoms with Crippen molar-refractivity contribution in [3.05, 3.63) is 23.9 Å². The summed E-state index contributed by atoms with van der Waals surface area (Å²) in [7, 11) is 1.73. The fourth-order valence-electron chi connectivity index (χ4n) is 1.36. The lowest BCUT2D eigenvalue weighted by atomic mass is 10.2. The van der Waals surface area contributed by atoms with E-state index >= 15 is 0 Å². The fraction of sp³-hybridized carbons (Fsp3) is 0.364. The Bertz CT molecular complexity index is 379. The third-order valence-corrected chi connectivity index (χ3v) is 2.06. The Hall–Kier alpha value is -1.91. The zero-order valence-electron chi connectivity index (χ0n) is 9.43. The molecule has 0 saturated heterocycles. The van der Waals surface area contributed by atoms with Crippen LogP contribution in [0.5, 0.6) is 0 Å². The van der Waals surface area contributed by atoms with Gasteiger partial charge in [0.05, 0.1) is 12.1 Å². The van der Waals surface area contributed by atoms with Crippen molar-refractivity contribution in [2.24, 2.45) is 0 Å². The van der Waals surface area contributed by atoms with Gasteiger partial charge in [0.2, 0.25) is 5.91 Å². The van der Waals surface area contributed by atoms with Crippen molar-refractivity contribution < 1.29 is 9.59 Å². The van der Waals surface area contributed by atoms with Crippen molar-refractivity contribution in [2.75, 3.05) is 25.0 Å². The van der Waals surface area contributed by atoms with Crippen molar-refractivity contribution in [3.63, 3.8) is 0 Å². The van der Waals surface area contributed by atoms with Crippen molar-refractivity contribution in [2.45, 2.75) is 6.92 Å². The number of carbonyl (C=O) groups is 2. The van der Waals surface area contributed by atoms with Crippen LogP contribution in [0.25, 0.3) is 0 Å². The summed E-state index contributed by atoms with van der Waals surface area (Å²) in [5, 5.41) is 2.69. The molecule has 5 nitrogen and oxygen atoms in total. The third kappa shape index (κ3) is 3.05. The van der Waals surface area contributed by atoms with Gasteiger partial charge in [-0.2, -0.15) is 0 Å². The van der Waals surface area contributed by atoms with Crippen LogP contribution in [0.3, 0.4) is 0 Å². The topological polar surface area (TPSA) is 62.3 Å². The van der Waals surface area contributed by atoms with Crippen LogP contribution in [0.2, 0.25) is 0 Å². The number of anilines is 1. The molecule has 0 spiro atoms. The van der Waals surface area contributed by atoms with Gasteiger partial charge in [-0.05, 0) is 19.1 Å². The number of hydrogen-bond donors (Lipinski definition) is 1. The smallest absolute Gasteiger partial charge is 0.239 e. The number of rotatable bonds is 5. The van der Waals surface area contributed by atoms with E-state index in [1.165, 1.54) is 0 Å². The van der Waals surface area contributed by atoms with Gasteiger partial charge in [0.15, 0.2) is 6.29 Å². The van der Waals surface area contributed by atoms with Gasteiger partial charge in [-0.15, -0.1) is 0 Å². The van der Waals surface area contributed by atoms with Crippen molar-refractivity contribution >= 4 is 18.0 Å². The molecule has 0 aliphatic rings. The first-order chi connectivity index (χ1) is 7.69. The Morgan fingerprint density at radius 1 is 1.62 bits per heavy atom. The highest BCUT2D eigenvalue weighted by Crippen LogP contribution is 2.12. The monoisotopic (exact) mass is 221 g/mol. The first-order valence-electron chi connectivity index (χ1n) is 5.07. The maximum atomic E-state index is 11.4.